The zero-order valence-corrected chi connectivity index (χ0v) is 18.1. The highest BCUT2D eigenvalue weighted by Crippen LogP contribution is 2.22. The lowest BCUT2D eigenvalue weighted by Crippen LogP contribution is -2.43. The van der Waals surface area contributed by atoms with Gasteiger partial charge in [-0.05, 0) is 46.2 Å². The minimum atomic E-state index is 0.819. The van der Waals surface area contributed by atoms with E-state index in [-0.39, 0.29) is 0 Å². The summed E-state index contributed by atoms with van der Waals surface area (Å²) in [5.41, 5.74) is 2.44. The van der Waals surface area contributed by atoms with Gasteiger partial charge in [0, 0.05) is 32.7 Å². The molecule has 4 aromatic carbocycles. The monoisotopic (exact) mass is 421 g/mol. The Hall–Kier alpha value is -3.63. The smallest absolute Gasteiger partial charge is 0.128 e. The first-order valence-corrected chi connectivity index (χ1v) is 11.1. The van der Waals surface area contributed by atoms with E-state index in [0.29, 0.717) is 0 Å². The lowest BCUT2D eigenvalue weighted by molar-refractivity contribution is 0.131. The van der Waals surface area contributed by atoms with Gasteiger partial charge in [-0.2, -0.15) is 5.10 Å². The molecule has 4 heteroatoms. The molecule has 0 aromatic heterocycles. The Bertz CT molecular complexity index is 1190. The first kappa shape index (κ1) is 20.3. The number of hydrogen-bond acceptors (Lipinski definition) is 4. The Labute approximate surface area is 189 Å². The van der Waals surface area contributed by atoms with Crippen molar-refractivity contribution in [2.75, 3.05) is 26.2 Å². The van der Waals surface area contributed by atoms with Crippen LogP contribution >= 0.6 is 0 Å². The molecule has 0 amide bonds. The fourth-order valence-corrected chi connectivity index (χ4v) is 4.11. The van der Waals surface area contributed by atoms with E-state index in [0.717, 1.165) is 49.8 Å². The van der Waals surface area contributed by atoms with Crippen molar-refractivity contribution >= 4 is 17.0 Å². The fraction of sp³-hybridized carbons (Fsp3) is 0.179. The number of piperazine rings is 1. The minimum absolute atomic E-state index is 0.819. The van der Waals surface area contributed by atoms with Gasteiger partial charge in [0.05, 0.1) is 6.21 Å². The molecule has 4 aromatic rings. The van der Waals surface area contributed by atoms with Crippen molar-refractivity contribution in [1.82, 2.24) is 9.91 Å². The Morgan fingerprint density at radius 2 is 1.44 bits per heavy atom. The van der Waals surface area contributed by atoms with Crippen molar-refractivity contribution in [3.63, 3.8) is 0 Å². The zero-order chi connectivity index (χ0) is 21.6. The molecule has 0 bridgehead atoms. The number of rotatable bonds is 6. The van der Waals surface area contributed by atoms with Crippen LogP contribution in [0.1, 0.15) is 11.1 Å². The van der Waals surface area contributed by atoms with E-state index in [4.69, 9.17) is 9.84 Å². The highest BCUT2D eigenvalue weighted by Gasteiger charge is 2.16. The van der Waals surface area contributed by atoms with Gasteiger partial charge in [0.15, 0.2) is 0 Å². The summed E-state index contributed by atoms with van der Waals surface area (Å²) >= 11 is 0. The second-order valence-electron chi connectivity index (χ2n) is 8.10. The zero-order valence-electron chi connectivity index (χ0n) is 18.1. The molecule has 1 fully saturated rings. The van der Waals surface area contributed by atoms with E-state index in [9.17, 15) is 0 Å². The van der Waals surface area contributed by atoms with Crippen LogP contribution in [0, 0.1) is 0 Å². The third-order valence-corrected chi connectivity index (χ3v) is 5.83. The average molecular weight is 422 g/mol. The van der Waals surface area contributed by atoms with E-state index in [2.05, 4.69) is 58.4 Å². The predicted octanol–water partition coefficient (Wildman–Crippen LogP) is 5.78. The molecule has 0 atom stereocenters. The van der Waals surface area contributed by atoms with Gasteiger partial charge in [0.1, 0.15) is 11.5 Å². The molecule has 0 saturated carbocycles. The number of ether oxygens (including phenoxy) is 1. The molecule has 0 spiro atoms. The van der Waals surface area contributed by atoms with Crippen LogP contribution in [0.15, 0.2) is 102 Å². The summed E-state index contributed by atoms with van der Waals surface area (Å²) in [6, 6.07) is 33.1. The van der Waals surface area contributed by atoms with Gasteiger partial charge in [-0.15, -0.1) is 0 Å². The van der Waals surface area contributed by atoms with Gasteiger partial charge in [0.25, 0.3) is 0 Å². The SMILES string of the molecule is C(=N\N1CCN(Cc2cccc3ccccc23)CC1)/c1cccc(Oc2ccccc2)c1. The second kappa shape index (κ2) is 9.67. The van der Waals surface area contributed by atoms with Crippen molar-refractivity contribution in [2.45, 2.75) is 6.54 Å². The van der Waals surface area contributed by atoms with Crippen LogP contribution in [0.2, 0.25) is 0 Å². The summed E-state index contributed by atoms with van der Waals surface area (Å²) in [5.74, 6) is 1.66. The van der Waals surface area contributed by atoms with Gasteiger partial charge < -0.3 is 4.74 Å². The first-order chi connectivity index (χ1) is 15.8. The van der Waals surface area contributed by atoms with E-state index in [1.165, 1.54) is 16.3 Å². The largest absolute Gasteiger partial charge is 0.457 e. The summed E-state index contributed by atoms with van der Waals surface area (Å²) < 4.78 is 5.93. The molecule has 160 valence electrons. The van der Waals surface area contributed by atoms with Crippen LogP contribution < -0.4 is 4.74 Å². The summed E-state index contributed by atoms with van der Waals surface area (Å²) in [7, 11) is 0. The summed E-state index contributed by atoms with van der Waals surface area (Å²) in [6.07, 6.45) is 1.93. The number of hydrogen-bond donors (Lipinski definition) is 0. The topological polar surface area (TPSA) is 28.1 Å². The molecule has 32 heavy (non-hydrogen) atoms. The van der Waals surface area contributed by atoms with Crippen LogP contribution in [-0.4, -0.2) is 42.3 Å². The third kappa shape index (κ3) is 4.98. The Balaban J connectivity index is 1.17. The maximum atomic E-state index is 5.93. The van der Waals surface area contributed by atoms with Crippen molar-refractivity contribution in [2.24, 2.45) is 5.10 Å². The van der Waals surface area contributed by atoms with Gasteiger partial charge in [0.2, 0.25) is 0 Å². The Morgan fingerprint density at radius 3 is 2.31 bits per heavy atom. The van der Waals surface area contributed by atoms with Crippen LogP contribution in [-0.2, 0) is 6.54 Å². The number of fused-ring (bicyclic) bond motifs is 1. The van der Waals surface area contributed by atoms with Gasteiger partial charge in [-0.3, -0.25) is 9.91 Å². The average Bonchev–Trinajstić information content (AvgIpc) is 2.85. The molecular weight excluding hydrogens is 394 g/mol. The first-order valence-electron chi connectivity index (χ1n) is 11.1. The highest BCUT2D eigenvalue weighted by atomic mass is 16.5. The molecule has 1 aliphatic rings. The van der Waals surface area contributed by atoms with Crippen molar-refractivity contribution in [1.29, 1.82) is 0 Å². The van der Waals surface area contributed by atoms with Gasteiger partial charge in [-0.25, -0.2) is 0 Å². The van der Waals surface area contributed by atoms with Crippen molar-refractivity contribution in [3.8, 4) is 11.5 Å². The van der Waals surface area contributed by atoms with Crippen LogP contribution in [0.3, 0.4) is 0 Å². The molecule has 1 saturated heterocycles. The predicted molar refractivity (Wildman–Crippen MR) is 131 cm³/mol. The second-order valence-corrected chi connectivity index (χ2v) is 8.10. The van der Waals surface area contributed by atoms with Crippen molar-refractivity contribution in [3.05, 3.63) is 108 Å². The summed E-state index contributed by atoms with van der Waals surface area (Å²) in [6.45, 7) is 4.87. The Morgan fingerprint density at radius 1 is 0.719 bits per heavy atom. The molecule has 5 rings (SSSR count). The number of benzene rings is 4. The van der Waals surface area contributed by atoms with E-state index >= 15 is 0 Å². The standard InChI is InChI=1S/C28H27N3O/c1-2-12-26(13-3-1)32-27-14-6-8-23(20-27)21-29-31-18-16-30(17-19-31)22-25-11-7-10-24-9-4-5-15-28(24)25/h1-15,20-21H,16-19,22H2/b29-21+. The normalized spacial score (nSPS) is 14.8. The lowest BCUT2D eigenvalue weighted by Gasteiger charge is -2.33. The number of nitrogens with zero attached hydrogens (tertiary/aromatic N) is 3. The fourth-order valence-electron chi connectivity index (χ4n) is 4.11. The van der Waals surface area contributed by atoms with Crippen molar-refractivity contribution < 1.29 is 4.74 Å². The highest BCUT2D eigenvalue weighted by molar-refractivity contribution is 5.85. The van der Waals surface area contributed by atoms with E-state index < -0.39 is 0 Å². The minimum Gasteiger partial charge on any atom is -0.457 e. The summed E-state index contributed by atoms with van der Waals surface area (Å²) in [4.78, 5) is 2.52. The molecule has 0 unspecified atom stereocenters. The number of para-hydroxylation sites is 1. The summed E-state index contributed by atoms with van der Waals surface area (Å²) in [5, 5.41) is 9.54. The maximum Gasteiger partial charge on any atom is 0.128 e. The van der Waals surface area contributed by atoms with E-state index in [1.54, 1.807) is 0 Å². The lowest BCUT2D eigenvalue weighted by atomic mass is 10.0. The molecule has 1 aliphatic heterocycles. The Kier molecular flexibility index (Phi) is 6.13. The molecule has 0 N–H and O–H groups in total. The molecule has 0 aliphatic carbocycles. The number of hydrazone groups is 1. The van der Waals surface area contributed by atoms with Crippen LogP contribution in [0.4, 0.5) is 0 Å². The van der Waals surface area contributed by atoms with Crippen LogP contribution in [0.5, 0.6) is 11.5 Å². The molecule has 0 radical (unpaired) electrons. The quantitative estimate of drug-likeness (QED) is 0.369. The third-order valence-electron chi connectivity index (χ3n) is 5.83. The molecule has 4 nitrogen and oxygen atoms in total. The molecular formula is C28H27N3O. The van der Waals surface area contributed by atoms with Crippen LogP contribution in [0.25, 0.3) is 10.8 Å². The van der Waals surface area contributed by atoms with E-state index in [1.807, 2.05) is 54.7 Å². The molecule has 1 heterocycles. The maximum absolute atomic E-state index is 5.93. The van der Waals surface area contributed by atoms with Gasteiger partial charge in [-0.1, -0.05) is 72.8 Å². The van der Waals surface area contributed by atoms with Gasteiger partial charge >= 0.3 is 0 Å².